The van der Waals surface area contributed by atoms with Gasteiger partial charge in [0.25, 0.3) is 0 Å². The van der Waals surface area contributed by atoms with Crippen LogP contribution in [0.3, 0.4) is 0 Å². The number of phenolic OH excluding ortho intramolecular Hbond substituents is 2. The van der Waals surface area contributed by atoms with Gasteiger partial charge in [0.2, 0.25) is 0 Å². The maximum Gasteiger partial charge on any atom is 0.140 e. The minimum atomic E-state index is 0.216. The van der Waals surface area contributed by atoms with Crippen LogP contribution in [-0.2, 0) is 0 Å². The predicted molar refractivity (Wildman–Crippen MR) is 166 cm³/mol. The molecule has 7 aromatic rings. The van der Waals surface area contributed by atoms with Crippen molar-refractivity contribution >= 4 is 37.7 Å². The summed E-state index contributed by atoms with van der Waals surface area (Å²) in [6.07, 6.45) is 3.85. The van der Waals surface area contributed by atoms with Crippen LogP contribution in [-0.4, -0.2) is 23.9 Å². The van der Waals surface area contributed by atoms with Crippen molar-refractivity contribution in [2.24, 2.45) is 0 Å². The fourth-order valence-electron chi connectivity index (χ4n) is 5.09. The third kappa shape index (κ3) is 4.56. The molecular weight excluding hydrogens is 590 g/mol. The standard InChI is InChI=1S/C19H13N3O.C15H9BrN2O/c20-13-17-16-5-1-2-6-18(16)22(14-7-9-15(23)10-8-14)19(17)21-11-3-4-12-21;16-15-13(9-17)12-3-1-2-4-14(12)18(15)10-5-7-11(19)8-6-10/h1-12,23H;1-8,19H. The zero-order valence-electron chi connectivity index (χ0n) is 22.1. The van der Waals surface area contributed by atoms with E-state index in [1.54, 1.807) is 24.3 Å². The van der Waals surface area contributed by atoms with Gasteiger partial charge in [0.15, 0.2) is 0 Å². The number of fused-ring (bicyclic) bond motifs is 2. The van der Waals surface area contributed by atoms with Crippen molar-refractivity contribution in [3.8, 4) is 40.8 Å². The van der Waals surface area contributed by atoms with Gasteiger partial charge in [-0.3, -0.25) is 4.57 Å². The van der Waals surface area contributed by atoms with Crippen LogP contribution in [0.2, 0.25) is 0 Å². The predicted octanol–water partition coefficient (Wildman–Crippen LogP) is 7.97. The summed E-state index contributed by atoms with van der Waals surface area (Å²) in [6.45, 7) is 0. The number of halogens is 1. The van der Waals surface area contributed by atoms with E-state index in [0.717, 1.165) is 43.6 Å². The molecule has 2 N–H and O–H groups in total. The summed E-state index contributed by atoms with van der Waals surface area (Å²) in [7, 11) is 0. The largest absolute Gasteiger partial charge is 0.508 e. The van der Waals surface area contributed by atoms with Crippen molar-refractivity contribution in [2.45, 2.75) is 0 Å². The summed E-state index contributed by atoms with van der Waals surface area (Å²) in [4.78, 5) is 0. The number of aromatic hydroxyl groups is 2. The molecule has 0 aliphatic carbocycles. The second kappa shape index (κ2) is 11.1. The van der Waals surface area contributed by atoms with Crippen LogP contribution < -0.4 is 0 Å². The van der Waals surface area contributed by atoms with Crippen LogP contribution in [0.1, 0.15) is 11.1 Å². The van der Waals surface area contributed by atoms with E-state index in [1.807, 2.05) is 111 Å². The first-order valence-electron chi connectivity index (χ1n) is 13.0. The number of hydrogen-bond donors (Lipinski definition) is 2. The highest BCUT2D eigenvalue weighted by Gasteiger charge is 2.19. The second-order valence-electron chi connectivity index (χ2n) is 9.42. The summed E-state index contributed by atoms with van der Waals surface area (Å²) in [5, 5.41) is 39.7. The van der Waals surface area contributed by atoms with Crippen molar-refractivity contribution < 1.29 is 10.2 Å². The molecule has 4 aromatic carbocycles. The molecule has 0 radical (unpaired) electrons. The number of aromatic nitrogens is 3. The molecular formula is C34H22BrN5O2. The highest BCUT2D eigenvalue weighted by atomic mass is 79.9. The molecule has 7 nitrogen and oxygen atoms in total. The Morgan fingerprint density at radius 2 is 1.00 bits per heavy atom. The Morgan fingerprint density at radius 1 is 0.548 bits per heavy atom. The van der Waals surface area contributed by atoms with Gasteiger partial charge in [-0.2, -0.15) is 10.5 Å². The van der Waals surface area contributed by atoms with Crippen LogP contribution in [0.5, 0.6) is 11.5 Å². The summed E-state index contributed by atoms with van der Waals surface area (Å²) in [6, 6.07) is 37.9. The van der Waals surface area contributed by atoms with Gasteiger partial charge >= 0.3 is 0 Å². The molecule has 3 aromatic heterocycles. The van der Waals surface area contributed by atoms with E-state index in [0.29, 0.717) is 11.1 Å². The van der Waals surface area contributed by atoms with E-state index in [1.165, 1.54) is 0 Å². The van der Waals surface area contributed by atoms with E-state index in [-0.39, 0.29) is 11.5 Å². The van der Waals surface area contributed by atoms with Crippen LogP contribution in [0, 0.1) is 22.7 Å². The topological polar surface area (TPSA) is 103 Å². The van der Waals surface area contributed by atoms with E-state index in [2.05, 4.69) is 28.1 Å². The third-order valence-corrected chi connectivity index (χ3v) is 7.71. The highest BCUT2D eigenvalue weighted by Crippen LogP contribution is 2.34. The first-order chi connectivity index (χ1) is 20.5. The lowest BCUT2D eigenvalue weighted by Gasteiger charge is -2.12. The fourth-order valence-corrected chi connectivity index (χ4v) is 5.79. The minimum absolute atomic E-state index is 0.216. The molecule has 0 unspecified atom stereocenters. The van der Waals surface area contributed by atoms with Crippen LogP contribution >= 0.6 is 15.9 Å². The monoisotopic (exact) mass is 611 g/mol. The molecule has 0 spiro atoms. The van der Waals surface area contributed by atoms with Gasteiger partial charge in [0.1, 0.15) is 39.6 Å². The molecule has 7 rings (SSSR count). The lowest BCUT2D eigenvalue weighted by atomic mass is 10.2. The summed E-state index contributed by atoms with van der Waals surface area (Å²) in [5.74, 6) is 1.23. The van der Waals surface area contributed by atoms with Gasteiger partial charge in [-0.05, 0) is 88.7 Å². The van der Waals surface area contributed by atoms with E-state index in [9.17, 15) is 20.7 Å². The molecule has 0 bridgehead atoms. The number of nitrogens with zero attached hydrogens (tertiary/aromatic N) is 5. The highest BCUT2D eigenvalue weighted by molar-refractivity contribution is 9.10. The smallest absolute Gasteiger partial charge is 0.140 e. The van der Waals surface area contributed by atoms with Crippen molar-refractivity contribution in [1.82, 2.24) is 13.7 Å². The van der Waals surface area contributed by atoms with Gasteiger partial charge in [-0.25, -0.2) is 0 Å². The number of benzene rings is 4. The van der Waals surface area contributed by atoms with Crippen molar-refractivity contribution in [1.29, 1.82) is 10.5 Å². The Morgan fingerprint density at radius 3 is 1.52 bits per heavy atom. The first kappa shape index (κ1) is 26.5. The molecule has 0 amide bonds. The molecule has 202 valence electrons. The van der Waals surface area contributed by atoms with Gasteiger partial charge in [-0.1, -0.05) is 36.4 Å². The van der Waals surface area contributed by atoms with Gasteiger partial charge < -0.3 is 19.3 Å². The normalized spacial score (nSPS) is 10.6. The molecule has 0 atom stereocenters. The molecule has 42 heavy (non-hydrogen) atoms. The van der Waals surface area contributed by atoms with E-state index in [4.69, 9.17) is 0 Å². The summed E-state index contributed by atoms with van der Waals surface area (Å²) >= 11 is 3.49. The lowest BCUT2D eigenvalue weighted by Crippen LogP contribution is -2.03. The van der Waals surface area contributed by atoms with Crippen LogP contribution in [0.4, 0.5) is 0 Å². The number of rotatable bonds is 3. The average Bonchev–Trinajstić information content (AvgIpc) is 3.73. The molecule has 0 saturated heterocycles. The molecule has 8 heteroatoms. The van der Waals surface area contributed by atoms with Crippen molar-refractivity contribution in [3.63, 3.8) is 0 Å². The SMILES string of the molecule is N#Cc1c(-n2cccc2)n(-c2ccc(O)cc2)c2ccccc12.N#Cc1c(Br)n(-c2ccc(O)cc2)c2ccccc12. The van der Waals surface area contributed by atoms with Gasteiger partial charge in [-0.15, -0.1) is 0 Å². The average molecular weight is 612 g/mol. The maximum atomic E-state index is 9.70. The Hall–Kier alpha value is -5.70. The summed E-state index contributed by atoms with van der Waals surface area (Å²) < 4.78 is 6.65. The second-order valence-corrected chi connectivity index (χ2v) is 10.2. The third-order valence-electron chi connectivity index (χ3n) is 6.96. The minimum Gasteiger partial charge on any atom is -0.508 e. The maximum absolute atomic E-state index is 9.70. The molecule has 0 fully saturated rings. The summed E-state index contributed by atoms with van der Waals surface area (Å²) in [5.41, 5.74) is 4.94. The zero-order valence-corrected chi connectivity index (χ0v) is 23.6. The Balaban J connectivity index is 0.000000153. The quantitative estimate of drug-likeness (QED) is 0.211. The lowest BCUT2D eigenvalue weighted by molar-refractivity contribution is 0.474. The number of para-hydroxylation sites is 2. The number of nitriles is 2. The zero-order chi connectivity index (χ0) is 29.2. The van der Waals surface area contributed by atoms with E-state index < -0.39 is 0 Å². The van der Waals surface area contributed by atoms with Gasteiger partial charge in [0.05, 0.1) is 16.6 Å². The Bertz CT molecular complexity index is 2130. The molecule has 3 heterocycles. The number of phenols is 2. The van der Waals surface area contributed by atoms with E-state index >= 15 is 0 Å². The fraction of sp³-hybridized carbons (Fsp3) is 0. The van der Waals surface area contributed by atoms with Crippen LogP contribution in [0.25, 0.3) is 39.0 Å². The van der Waals surface area contributed by atoms with Crippen molar-refractivity contribution in [3.05, 3.63) is 137 Å². The van der Waals surface area contributed by atoms with Crippen molar-refractivity contribution in [2.75, 3.05) is 0 Å². The molecule has 0 saturated carbocycles. The molecule has 0 aliphatic heterocycles. The van der Waals surface area contributed by atoms with Crippen LogP contribution in [0.15, 0.2) is 126 Å². The van der Waals surface area contributed by atoms with Gasteiger partial charge in [0, 0.05) is 34.5 Å². The number of hydrogen-bond acceptors (Lipinski definition) is 4. The Labute approximate surface area is 249 Å². The first-order valence-corrected chi connectivity index (χ1v) is 13.8. The Kier molecular flexibility index (Phi) is 6.98. The molecule has 0 aliphatic rings.